The zero-order valence-electron chi connectivity index (χ0n) is 10.3. The molecule has 1 aromatic rings. The van der Waals surface area contributed by atoms with E-state index in [0.717, 1.165) is 31.0 Å². The molecular weight excluding hydrogens is 235 g/mol. The summed E-state index contributed by atoms with van der Waals surface area (Å²) in [4.78, 5) is 14.9. The molecule has 4 nitrogen and oxygen atoms in total. The van der Waals surface area contributed by atoms with Crippen molar-refractivity contribution in [3.8, 4) is 0 Å². The van der Waals surface area contributed by atoms with Crippen LogP contribution in [0.25, 0.3) is 0 Å². The summed E-state index contributed by atoms with van der Waals surface area (Å²) < 4.78 is 13.0. The fourth-order valence-electron chi connectivity index (χ4n) is 1.99. The second-order valence-corrected chi connectivity index (χ2v) is 4.78. The zero-order chi connectivity index (χ0) is 13.1. The van der Waals surface area contributed by atoms with E-state index in [1.807, 2.05) is 6.92 Å². The highest BCUT2D eigenvalue weighted by molar-refractivity contribution is 5.93. The molecule has 1 aromatic heterocycles. The van der Waals surface area contributed by atoms with E-state index >= 15 is 0 Å². The number of pyridine rings is 1. The number of hydrogen-bond donors (Lipinski definition) is 2. The van der Waals surface area contributed by atoms with Crippen LogP contribution in [0.5, 0.6) is 0 Å². The molecule has 0 aliphatic heterocycles. The van der Waals surface area contributed by atoms with Crippen LogP contribution in [-0.4, -0.2) is 22.1 Å². The van der Waals surface area contributed by atoms with E-state index in [0.29, 0.717) is 0 Å². The number of carboxylic acids is 1. The lowest BCUT2D eigenvalue weighted by molar-refractivity contribution is 0.0697. The van der Waals surface area contributed by atoms with Crippen molar-refractivity contribution in [2.75, 3.05) is 5.32 Å². The van der Waals surface area contributed by atoms with E-state index in [1.165, 1.54) is 12.8 Å². The Labute approximate surface area is 105 Å². The Hall–Kier alpha value is -1.65. The first-order chi connectivity index (χ1) is 8.60. The largest absolute Gasteiger partial charge is 0.478 e. The normalized spacial score (nSPS) is 16.3. The Morgan fingerprint density at radius 2 is 2.39 bits per heavy atom. The fourth-order valence-corrected chi connectivity index (χ4v) is 1.99. The van der Waals surface area contributed by atoms with Crippen molar-refractivity contribution in [3.63, 3.8) is 0 Å². The van der Waals surface area contributed by atoms with E-state index in [1.54, 1.807) is 0 Å². The number of anilines is 1. The molecule has 1 heterocycles. The monoisotopic (exact) mass is 252 g/mol. The second-order valence-electron chi connectivity index (χ2n) is 4.78. The lowest BCUT2D eigenvalue weighted by Crippen LogP contribution is -2.21. The first-order valence-electron chi connectivity index (χ1n) is 6.25. The molecule has 98 valence electrons. The molecule has 0 amide bonds. The van der Waals surface area contributed by atoms with Gasteiger partial charge in [-0.3, -0.25) is 0 Å². The third kappa shape index (κ3) is 3.18. The summed E-state index contributed by atoms with van der Waals surface area (Å²) in [6, 6.07) is 1.20. The quantitative estimate of drug-likeness (QED) is 0.817. The van der Waals surface area contributed by atoms with Crippen LogP contribution in [0.2, 0.25) is 0 Å². The Balaban J connectivity index is 2.13. The molecule has 2 N–H and O–H groups in total. The highest BCUT2D eigenvalue weighted by Crippen LogP contribution is 2.34. The van der Waals surface area contributed by atoms with Gasteiger partial charge in [-0.1, -0.05) is 19.8 Å². The van der Waals surface area contributed by atoms with Gasteiger partial charge in [-0.2, -0.15) is 0 Å². The molecule has 0 radical (unpaired) electrons. The maximum absolute atomic E-state index is 13.0. The first kappa shape index (κ1) is 12.8. The number of rotatable bonds is 6. The van der Waals surface area contributed by atoms with Crippen LogP contribution in [0, 0.1) is 11.7 Å². The summed E-state index contributed by atoms with van der Waals surface area (Å²) in [6.45, 7) is 2.05. The number of halogens is 1. The minimum absolute atomic E-state index is 0.107. The number of hydrogen-bond acceptors (Lipinski definition) is 3. The Morgan fingerprint density at radius 3 is 2.94 bits per heavy atom. The molecule has 0 bridgehead atoms. The number of aromatic nitrogens is 1. The van der Waals surface area contributed by atoms with Gasteiger partial charge in [0, 0.05) is 6.04 Å². The summed E-state index contributed by atoms with van der Waals surface area (Å²) in [5, 5.41) is 12.1. The van der Waals surface area contributed by atoms with E-state index < -0.39 is 11.8 Å². The Morgan fingerprint density at radius 1 is 1.67 bits per heavy atom. The highest BCUT2D eigenvalue weighted by atomic mass is 19.1. The van der Waals surface area contributed by atoms with Gasteiger partial charge in [0.05, 0.1) is 6.20 Å². The molecule has 18 heavy (non-hydrogen) atoms. The fraction of sp³-hybridized carbons (Fsp3) is 0.538. The summed E-state index contributed by atoms with van der Waals surface area (Å²) in [5.74, 6) is -0.786. The van der Waals surface area contributed by atoms with Crippen molar-refractivity contribution >= 4 is 11.8 Å². The van der Waals surface area contributed by atoms with Crippen molar-refractivity contribution in [3.05, 3.63) is 23.6 Å². The molecule has 1 unspecified atom stereocenters. The van der Waals surface area contributed by atoms with E-state index in [9.17, 15) is 9.18 Å². The van der Waals surface area contributed by atoms with Gasteiger partial charge in [-0.25, -0.2) is 14.2 Å². The maximum Gasteiger partial charge on any atom is 0.339 e. The molecule has 2 rings (SSSR count). The summed E-state index contributed by atoms with van der Waals surface area (Å²) in [6.07, 6.45) is 5.46. The molecule has 0 saturated heterocycles. The molecule has 1 aliphatic rings. The first-order valence-corrected chi connectivity index (χ1v) is 6.25. The molecule has 0 aromatic carbocycles. The van der Waals surface area contributed by atoms with Gasteiger partial charge in [0.2, 0.25) is 0 Å². The molecular formula is C13H17FN2O2. The van der Waals surface area contributed by atoms with Crippen LogP contribution >= 0.6 is 0 Å². The number of aromatic carboxylic acids is 1. The summed E-state index contributed by atoms with van der Waals surface area (Å²) in [7, 11) is 0. The molecule has 5 heteroatoms. The second kappa shape index (κ2) is 5.33. The van der Waals surface area contributed by atoms with Crippen LogP contribution in [0.15, 0.2) is 12.3 Å². The van der Waals surface area contributed by atoms with Gasteiger partial charge in [-0.05, 0) is 24.8 Å². The molecule has 1 saturated carbocycles. The Kier molecular flexibility index (Phi) is 3.79. The predicted octanol–water partition coefficient (Wildman–Crippen LogP) is 2.91. The molecule has 1 aliphatic carbocycles. The average Bonchev–Trinajstić information content (AvgIpc) is 3.14. The number of nitrogens with one attached hydrogen (secondary N) is 1. The Bertz CT molecular complexity index is 447. The van der Waals surface area contributed by atoms with Crippen LogP contribution in [-0.2, 0) is 0 Å². The number of carboxylic acid groups (broad SMARTS) is 1. The van der Waals surface area contributed by atoms with E-state index in [-0.39, 0.29) is 17.4 Å². The minimum atomic E-state index is -1.16. The van der Waals surface area contributed by atoms with E-state index in [4.69, 9.17) is 5.11 Å². The van der Waals surface area contributed by atoms with Crippen LogP contribution < -0.4 is 5.32 Å². The summed E-state index contributed by atoms with van der Waals surface area (Å²) in [5.41, 5.74) is -0.107. The lowest BCUT2D eigenvalue weighted by Gasteiger charge is -2.18. The number of carbonyl (C=O) groups is 1. The van der Waals surface area contributed by atoms with Gasteiger partial charge >= 0.3 is 5.97 Å². The van der Waals surface area contributed by atoms with Gasteiger partial charge in [0.15, 0.2) is 0 Å². The smallest absolute Gasteiger partial charge is 0.339 e. The van der Waals surface area contributed by atoms with Crippen molar-refractivity contribution in [1.82, 2.24) is 4.98 Å². The zero-order valence-corrected chi connectivity index (χ0v) is 10.3. The van der Waals surface area contributed by atoms with Crippen molar-refractivity contribution in [2.45, 2.75) is 38.6 Å². The van der Waals surface area contributed by atoms with Crippen molar-refractivity contribution in [1.29, 1.82) is 0 Å². The van der Waals surface area contributed by atoms with Gasteiger partial charge < -0.3 is 10.4 Å². The highest BCUT2D eigenvalue weighted by Gasteiger charge is 2.25. The molecule has 1 fully saturated rings. The van der Waals surface area contributed by atoms with Crippen LogP contribution in [0.4, 0.5) is 10.2 Å². The lowest BCUT2D eigenvalue weighted by atomic mass is 10.1. The maximum atomic E-state index is 13.0. The van der Waals surface area contributed by atoms with Gasteiger partial charge in [0.1, 0.15) is 17.2 Å². The standard InChI is InChI=1S/C13H17FN2O2/c1-2-10(5-8-3-4-8)16-12-11(13(17)18)6-9(14)7-15-12/h6-8,10H,2-5H2,1H3,(H,15,16)(H,17,18). The van der Waals surface area contributed by atoms with E-state index in [2.05, 4.69) is 10.3 Å². The van der Waals surface area contributed by atoms with Crippen LogP contribution in [0.3, 0.4) is 0 Å². The molecule has 1 atom stereocenters. The number of nitrogens with zero attached hydrogens (tertiary/aromatic N) is 1. The average molecular weight is 252 g/mol. The van der Waals surface area contributed by atoms with Crippen molar-refractivity contribution < 1.29 is 14.3 Å². The molecule has 0 spiro atoms. The van der Waals surface area contributed by atoms with Crippen LogP contribution in [0.1, 0.15) is 43.0 Å². The van der Waals surface area contributed by atoms with Gasteiger partial charge in [-0.15, -0.1) is 0 Å². The topological polar surface area (TPSA) is 62.2 Å². The van der Waals surface area contributed by atoms with Crippen molar-refractivity contribution in [2.24, 2.45) is 5.92 Å². The predicted molar refractivity (Wildman–Crippen MR) is 66.2 cm³/mol. The summed E-state index contributed by atoms with van der Waals surface area (Å²) >= 11 is 0. The third-order valence-electron chi connectivity index (χ3n) is 3.23. The van der Waals surface area contributed by atoms with Gasteiger partial charge in [0.25, 0.3) is 0 Å². The minimum Gasteiger partial charge on any atom is -0.478 e. The third-order valence-corrected chi connectivity index (χ3v) is 3.23. The SMILES string of the molecule is CCC(CC1CC1)Nc1ncc(F)cc1C(=O)O.